The van der Waals surface area contributed by atoms with Gasteiger partial charge in [0.05, 0.1) is 4.90 Å². The van der Waals surface area contributed by atoms with E-state index in [1.54, 1.807) is 32.0 Å². The first-order valence-electron chi connectivity index (χ1n) is 6.20. The molecule has 0 unspecified atom stereocenters. The van der Waals surface area contributed by atoms with Crippen LogP contribution < -0.4 is 4.74 Å². The van der Waals surface area contributed by atoms with Gasteiger partial charge < -0.3 is 4.74 Å². The van der Waals surface area contributed by atoms with Crippen LogP contribution in [0.1, 0.15) is 16.7 Å². The van der Waals surface area contributed by atoms with Gasteiger partial charge in [-0.05, 0) is 54.8 Å². The van der Waals surface area contributed by atoms with Crippen LogP contribution in [0.5, 0.6) is 5.75 Å². The summed E-state index contributed by atoms with van der Waals surface area (Å²) >= 11 is 0. The molecular formula is C15H14ClFO3S. The van der Waals surface area contributed by atoms with Crippen molar-refractivity contribution in [2.24, 2.45) is 0 Å². The van der Waals surface area contributed by atoms with Gasteiger partial charge in [-0.2, -0.15) is 0 Å². The third-order valence-electron chi connectivity index (χ3n) is 3.02. The first-order valence-corrected chi connectivity index (χ1v) is 8.51. The number of ether oxygens (including phenoxy) is 1. The zero-order valence-corrected chi connectivity index (χ0v) is 13.1. The summed E-state index contributed by atoms with van der Waals surface area (Å²) in [5.41, 5.74) is 1.85. The Balaban J connectivity index is 2.24. The number of hydrogen-bond donors (Lipinski definition) is 0. The van der Waals surface area contributed by atoms with E-state index in [0.717, 1.165) is 0 Å². The molecule has 0 bridgehead atoms. The second-order valence-corrected chi connectivity index (χ2v) is 7.27. The lowest BCUT2D eigenvalue weighted by Crippen LogP contribution is -2.01. The smallest absolute Gasteiger partial charge is 0.261 e. The van der Waals surface area contributed by atoms with E-state index < -0.39 is 9.05 Å². The molecule has 0 heterocycles. The Kier molecular flexibility index (Phi) is 4.54. The molecule has 112 valence electrons. The summed E-state index contributed by atoms with van der Waals surface area (Å²) in [6.07, 6.45) is 0. The van der Waals surface area contributed by atoms with Crippen molar-refractivity contribution < 1.29 is 17.5 Å². The van der Waals surface area contributed by atoms with Crippen molar-refractivity contribution in [1.82, 2.24) is 0 Å². The predicted molar refractivity (Wildman–Crippen MR) is 79.7 cm³/mol. The molecule has 3 nitrogen and oxygen atoms in total. The minimum atomic E-state index is -3.78. The van der Waals surface area contributed by atoms with Gasteiger partial charge in [0.2, 0.25) is 0 Å². The molecular weight excluding hydrogens is 315 g/mol. The highest BCUT2D eigenvalue weighted by Crippen LogP contribution is 2.28. The normalized spacial score (nSPS) is 11.4. The number of aryl methyl sites for hydroxylation is 2. The van der Waals surface area contributed by atoms with Crippen LogP contribution in [0.2, 0.25) is 0 Å². The first kappa shape index (κ1) is 15.8. The van der Waals surface area contributed by atoms with Crippen LogP contribution in [0, 0.1) is 19.7 Å². The topological polar surface area (TPSA) is 43.4 Å². The van der Waals surface area contributed by atoms with E-state index in [4.69, 9.17) is 15.4 Å². The van der Waals surface area contributed by atoms with E-state index in [2.05, 4.69) is 0 Å². The van der Waals surface area contributed by atoms with E-state index in [0.29, 0.717) is 22.4 Å². The van der Waals surface area contributed by atoms with E-state index >= 15 is 0 Å². The maximum absolute atomic E-state index is 13.1. The van der Waals surface area contributed by atoms with Crippen LogP contribution in [0.3, 0.4) is 0 Å². The average Bonchev–Trinajstić information content (AvgIpc) is 2.38. The summed E-state index contributed by atoms with van der Waals surface area (Å²) in [7, 11) is 1.59. The minimum Gasteiger partial charge on any atom is -0.489 e. The van der Waals surface area contributed by atoms with Crippen molar-refractivity contribution in [3.63, 3.8) is 0 Å². The minimum absolute atomic E-state index is 0.0692. The molecule has 0 aliphatic carbocycles. The molecule has 0 amide bonds. The highest BCUT2D eigenvalue weighted by molar-refractivity contribution is 8.13. The van der Waals surface area contributed by atoms with E-state index in [1.165, 1.54) is 18.2 Å². The Hall–Kier alpha value is -1.59. The van der Waals surface area contributed by atoms with Crippen molar-refractivity contribution in [3.8, 4) is 5.75 Å². The molecule has 0 aromatic heterocycles. The highest BCUT2D eigenvalue weighted by atomic mass is 35.7. The Labute approximate surface area is 127 Å². The largest absolute Gasteiger partial charge is 0.489 e. The fourth-order valence-corrected chi connectivity index (χ4v) is 3.23. The lowest BCUT2D eigenvalue weighted by Gasteiger charge is -2.12. The zero-order chi connectivity index (χ0) is 15.6. The van der Waals surface area contributed by atoms with Crippen LogP contribution >= 0.6 is 10.7 Å². The summed E-state index contributed by atoms with van der Waals surface area (Å²) in [4.78, 5) is 0.0692. The van der Waals surface area contributed by atoms with Crippen molar-refractivity contribution in [2.45, 2.75) is 25.3 Å². The standard InChI is InChI=1S/C15H14ClFO3S/c1-10-7-15(21(16,18)19)11(2)6-14(10)20-9-12-4-3-5-13(17)8-12/h3-8H,9H2,1-2H3. The van der Waals surface area contributed by atoms with Gasteiger partial charge in [-0.15, -0.1) is 0 Å². The second-order valence-electron chi connectivity index (χ2n) is 4.74. The van der Waals surface area contributed by atoms with Gasteiger partial charge in [-0.25, -0.2) is 12.8 Å². The van der Waals surface area contributed by atoms with Gasteiger partial charge in [-0.1, -0.05) is 12.1 Å². The Morgan fingerprint density at radius 1 is 1.14 bits per heavy atom. The van der Waals surface area contributed by atoms with Gasteiger partial charge in [0, 0.05) is 10.7 Å². The molecule has 2 rings (SSSR count). The van der Waals surface area contributed by atoms with Gasteiger partial charge in [0.15, 0.2) is 0 Å². The molecule has 0 spiro atoms. The molecule has 6 heteroatoms. The van der Waals surface area contributed by atoms with Crippen LogP contribution in [0.4, 0.5) is 4.39 Å². The number of rotatable bonds is 4. The molecule has 0 N–H and O–H groups in total. The van der Waals surface area contributed by atoms with E-state index in [9.17, 15) is 12.8 Å². The summed E-state index contributed by atoms with van der Waals surface area (Å²) < 4.78 is 41.5. The zero-order valence-electron chi connectivity index (χ0n) is 11.6. The monoisotopic (exact) mass is 328 g/mol. The SMILES string of the molecule is Cc1cc(S(=O)(=O)Cl)c(C)cc1OCc1cccc(F)c1. The van der Waals surface area contributed by atoms with E-state index in [-0.39, 0.29) is 17.3 Å². The second kappa shape index (κ2) is 6.03. The van der Waals surface area contributed by atoms with Gasteiger partial charge >= 0.3 is 0 Å². The third-order valence-corrected chi connectivity index (χ3v) is 4.48. The maximum Gasteiger partial charge on any atom is 0.261 e. The summed E-state index contributed by atoms with van der Waals surface area (Å²) in [5, 5.41) is 0. The quantitative estimate of drug-likeness (QED) is 0.798. The number of halogens is 2. The summed E-state index contributed by atoms with van der Waals surface area (Å²) in [6.45, 7) is 3.57. The Morgan fingerprint density at radius 3 is 2.48 bits per heavy atom. The van der Waals surface area contributed by atoms with Crippen molar-refractivity contribution in [3.05, 3.63) is 58.9 Å². The molecule has 0 aliphatic rings. The molecule has 0 aliphatic heterocycles. The predicted octanol–water partition coefficient (Wildman–Crippen LogP) is 3.95. The number of hydrogen-bond acceptors (Lipinski definition) is 3. The van der Waals surface area contributed by atoms with Crippen molar-refractivity contribution in [1.29, 1.82) is 0 Å². The molecule has 0 atom stereocenters. The van der Waals surface area contributed by atoms with Crippen LogP contribution in [0.25, 0.3) is 0 Å². The summed E-state index contributed by atoms with van der Waals surface area (Å²) in [5.74, 6) is 0.216. The van der Waals surface area contributed by atoms with Crippen molar-refractivity contribution >= 4 is 19.7 Å². The summed E-state index contributed by atoms with van der Waals surface area (Å²) in [6, 6.07) is 9.19. The fourth-order valence-electron chi connectivity index (χ4n) is 1.97. The van der Waals surface area contributed by atoms with Gasteiger partial charge in [-0.3, -0.25) is 0 Å². The molecule has 0 saturated heterocycles. The Bertz CT molecular complexity index is 772. The van der Waals surface area contributed by atoms with Gasteiger partial charge in [0.25, 0.3) is 9.05 Å². The van der Waals surface area contributed by atoms with Crippen LogP contribution in [-0.2, 0) is 15.7 Å². The molecule has 0 saturated carbocycles. The Morgan fingerprint density at radius 2 is 1.86 bits per heavy atom. The molecule has 0 radical (unpaired) electrons. The van der Waals surface area contributed by atoms with Crippen LogP contribution in [0.15, 0.2) is 41.3 Å². The lowest BCUT2D eigenvalue weighted by molar-refractivity contribution is 0.303. The third kappa shape index (κ3) is 3.95. The molecule has 21 heavy (non-hydrogen) atoms. The van der Waals surface area contributed by atoms with E-state index in [1.807, 2.05) is 0 Å². The molecule has 0 fully saturated rings. The fraction of sp³-hybridized carbons (Fsp3) is 0.200. The highest BCUT2D eigenvalue weighted by Gasteiger charge is 2.16. The first-order chi connectivity index (χ1) is 9.77. The maximum atomic E-state index is 13.1. The van der Waals surface area contributed by atoms with Gasteiger partial charge in [0.1, 0.15) is 18.2 Å². The number of benzene rings is 2. The molecule has 2 aromatic carbocycles. The lowest BCUT2D eigenvalue weighted by atomic mass is 10.1. The molecule has 2 aromatic rings. The van der Waals surface area contributed by atoms with Crippen LogP contribution in [-0.4, -0.2) is 8.42 Å². The average molecular weight is 329 g/mol. The van der Waals surface area contributed by atoms with Crippen molar-refractivity contribution in [2.75, 3.05) is 0 Å².